The van der Waals surface area contributed by atoms with Crippen LogP contribution in [0.4, 0.5) is 0 Å². The van der Waals surface area contributed by atoms with Crippen LogP contribution in [0.5, 0.6) is 0 Å². The van der Waals surface area contributed by atoms with Gasteiger partial charge in [0.1, 0.15) is 12.2 Å². The first-order valence-electron chi connectivity index (χ1n) is 7.70. The third-order valence-electron chi connectivity index (χ3n) is 3.73. The van der Waals surface area contributed by atoms with Crippen molar-refractivity contribution in [3.8, 4) is 0 Å². The normalized spacial score (nSPS) is 21.9. The fraction of sp³-hybridized carbons (Fsp3) is 0.824. The maximum atomic E-state index is 11.9. The molecule has 1 heterocycles. The summed E-state index contributed by atoms with van der Waals surface area (Å²) in [4.78, 5) is 17.9. The summed E-state index contributed by atoms with van der Waals surface area (Å²) < 4.78 is 5.31. The lowest BCUT2D eigenvalue weighted by atomic mass is 9.82. The van der Waals surface area contributed by atoms with E-state index in [9.17, 15) is 4.79 Å². The first-order chi connectivity index (χ1) is 9.35. The van der Waals surface area contributed by atoms with E-state index < -0.39 is 11.6 Å². The average molecular weight is 297 g/mol. The lowest BCUT2D eigenvalue weighted by Crippen LogP contribution is -2.58. The summed E-state index contributed by atoms with van der Waals surface area (Å²) >= 11 is 0. The van der Waals surface area contributed by atoms with Crippen LogP contribution in [0.3, 0.4) is 0 Å². The Labute approximate surface area is 129 Å². The van der Waals surface area contributed by atoms with Crippen molar-refractivity contribution in [1.82, 2.24) is 5.06 Å². The second kappa shape index (κ2) is 6.09. The Hall–Kier alpha value is -0.870. The molecule has 0 atom stereocenters. The summed E-state index contributed by atoms with van der Waals surface area (Å²) in [5.74, 6) is -0.393. The molecule has 21 heavy (non-hydrogen) atoms. The quantitative estimate of drug-likeness (QED) is 0.583. The Morgan fingerprint density at radius 3 is 2.05 bits per heavy atom. The van der Waals surface area contributed by atoms with Crippen molar-refractivity contribution in [3.05, 3.63) is 12.2 Å². The van der Waals surface area contributed by atoms with Crippen LogP contribution in [0.25, 0.3) is 0 Å². The SMILES string of the molecule is C=C(CON1C(C)(C)CCCC1(C)C)C(=O)OC(C)(C)C. The molecule has 0 bridgehead atoms. The zero-order valence-electron chi connectivity index (χ0n) is 14.7. The lowest BCUT2D eigenvalue weighted by molar-refractivity contribution is -0.275. The third-order valence-corrected chi connectivity index (χ3v) is 3.73. The molecule has 1 saturated heterocycles. The second-order valence-corrected chi connectivity index (χ2v) is 8.15. The van der Waals surface area contributed by atoms with Crippen molar-refractivity contribution >= 4 is 5.97 Å². The number of nitrogens with zero attached hydrogens (tertiary/aromatic N) is 1. The highest BCUT2D eigenvalue weighted by Crippen LogP contribution is 2.38. The smallest absolute Gasteiger partial charge is 0.336 e. The minimum absolute atomic E-state index is 0.0457. The first kappa shape index (κ1) is 18.2. The van der Waals surface area contributed by atoms with Gasteiger partial charge in [0.2, 0.25) is 0 Å². The largest absolute Gasteiger partial charge is 0.457 e. The molecule has 1 aliphatic heterocycles. The van der Waals surface area contributed by atoms with E-state index in [1.54, 1.807) is 0 Å². The Morgan fingerprint density at radius 1 is 1.14 bits per heavy atom. The Morgan fingerprint density at radius 2 is 1.62 bits per heavy atom. The molecule has 0 radical (unpaired) electrons. The molecule has 4 nitrogen and oxygen atoms in total. The van der Waals surface area contributed by atoms with Crippen molar-refractivity contribution < 1.29 is 14.4 Å². The zero-order chi connectivity index (χ0) is 16.5. The van der Waals surface area contributed by atoms with Gasteiger partial charge in [-0.1, -0.05) is 6.58 Å². The number of ether oxygens (including phenoxy) is 1. The van der Waals surface area contributed by atoms with E-state index in [0.717, 1.165) is 12.8 Å². The molecule has 0 amide bonds. The number of hydroxylamine groups is 2. The summed E-state index contributed by atoms with van der Waals surface area (Å²) in [6, 6.07) is 0. The maximum Gasteiger partial charge on any atom is 0.336 e. The van der Waals surface area contributed by atoms with Gasteiger partial charge in [0.15, 0.2) is 0 Å². The van der Waals surface area contributed by atoms with Crippen molar-refractivity contribution in [2.75, 3.05) is 6.61 Å². The molecule has 0 aromatic heterocycles. The van der Waals surface area contributed by atoms with Crippen molar-refractivity contribution in [2.24, 2.45) is 0 Å². The fourth-order valence-corrected chi connectivity index (χ4v) is 2.88. The minimum atomic E-state index is -0.510. The van der Waals surface area contributed by atoms with E-state index in [-0.39, 0.29) is 17.7 Å². The van der Waals surface area contributed by atoms with Gasteiger partial charge in [0.25, 0.3) is 0 Å². The number of esters is 1. The van der Waals surface area contributed by atoms with Crippen LogP contribution >= 0.6 is 0 Å². The van der Waals surface area contributed by atoms with Crippen LogP contribution in [-0.2, 0) is 14.4 Å². The molecule has 4 heteroatoms. The van der Waals surface area contributed by atoms with Crippen LogP contribution in [0.1, 0.15) is 67.7 Å². The van der Waals surface area contributed by atoms with Gasteiger partial charge in [-0.15, -0.1) is 0 Å². The summed E-state index contributed by atoms with van der Waals surface area (Å²) in [5.41, 5.74) is -0.252. The molecular weight excluding hydrogens is 266 g/mol. The highest BCUT2D eigenvalue weighted by molar-refractivity contribution is 5.88. The fourth-order valence-electron chi connectivity index (χ4n) is 2.88. The number of hydrogen-bond donors (Lipinski definition) is 0. The molecule has 122 valence electrons. The number of rotatable bonds is 4. The van der Waals surface area contributed by atoms with Gasteiger partial charge in [0, 0.05) is 11.1 Å². The number of carbonyl (C=O) groups excluding carboxylic acids is 1. The van der Waals surface area contributed by atoms with Gasteiger partial charge in [-0.3, -0.25) is 4.84 Å². The monoisotopic (exact) mass is 297 g/mol. The molecule has 1 rings (SSSR count). The standard InChI is InChI=1S/C17H31NO3/c1-13(14(19)21-15(2,3)4)12-20-18-16(5,6)10-9-11-17(18,7)8/h1,9-12H2,2-8H3. The van der Waals surface area contributed by atoms with Gasteiger partial charge in [0.05, 0.1) is 5.57 Å². The zero-order valence-corrected chi connectivity index (χ0v) is 14.7. The molecule has 0 unspecified atom stereocenters. The number of hydrogen-bond acceptors (Lipinski definition) is 4. The molecule has 0 spiro atoms. The summed E-state index contributed by atoms with van der Waals surface area (Å²) in [5, 5.41) is 2.03. The van der Waals surface area contributed by atoms with Gasteiger partial charge in [-0.05, 0) is 67.7 Å². The van der Waals surface area contributed by atoms with Gasteiger partial charge in [-0.25, -0.2) is 4.79 Å². The molecular formula is C17H31NO3. The van der Waals surface area contributed by atoms with E-state index in [1.807, 2.05) is 25.8 Å². The predicted octanol–water partition coefficient (Wildman–Crippen LogP) is 3.86. The number of carbonyl (C=O) groups is 1. The molecule has 0 saturated carbocycles. The van der Waals surface area contributed by atoms with Crippen molar-refractivity contribution in [1.29, 1.82) is 0 Å². The maximum absolute atomic E-state index is 11.9. The summed E-state index contributed by atoms with van der Waals surface area (Å²) in [6.07, 6.45) is 3.34. The Balaban J connectivity index is 2.64. The Kier molecular flexibility index (Phi) is 5.27. The van der Waals surface area contributed by atoms with Gasteiger partial charge in [-0.2, -0.15) is 5.06 Å². The minimum Gasteiger partial charge on any atom is -0.457 e. The topological polar surface area (TPSA) is 38.8 Å². The van der Waals surface area contributed by atoms with Crippen LogP contribution in [0.2, 0.25) is 0 Å². The predicted molar refractivity (Wildman–Crippen MR) is 84.8 cm³/mol. The third kappa shape index (κ3) is 5.11. The van der Waals surface area contributed by atoms with E-state index in [2.05, 4.69) is 34.3 Å². The highest BCUT2D eigenvalue weighted by atomic mass is 16.7. The first-order valence-corrected chi connectivity index (χ1v) is 7.70. The summed E-state index contributed by atoms with van der Waals surface area (Å²) in [7, 11) is 0. The molecule has 1 aliphatic rings. The highest BCUT2D eigenvalue weighted by Gasteiger charge is 2.42. The second-order valence-electron chi connectivity index (χ2n) is 8.15. The van der Waals surface area contributed by atoms with Crippen LogP contribution in [0, 0.1) is 0 Å². The van der Waals surface area contributed by atoms with Crippen LogP contribution in [-0.4, -0.2) is 34.3 Å². The molecule has 0 aromatic carbocycles. The van der Waals surface area contributed by atoms with Gasteiger partial charge < -0.3 is 4.74 Å². The van der Waals surface area contributed by atoms with E-state index in [1.165, 1.54) is 6.42 Å². The summed E-state index contributed by atoms with van der Waals surface area (Å²) in [6.45, 7) is 18.2. The number of piperidine rings is 1. The Bertz CT molecular complexity index is 389. The van der Waals surface area contributed by atoms with Gasteiger partial charge >= 0.3 is 5.97 Å². The van der Waals surface area contributed by atoms with E-state index >= 15 is 0 Å². The average Bonchev–Trinajstić information content (AvgIpc) is 2.23. The molecule has 1 fully saturated rings. The van der Waals surface area contributed by atoms with Crippen molar-refractivity contribution in [2.45, 2.75) is 84.4 Å². The molecule has 0 aliphatic carbocycles. The van der Waals surface area contributed by atoms with E-state index in [0.29, 0.717) is 5.57 Å². The molecule has 0 N–H and O–H groups in total. The molecule has 0 aromatic rings. The van der Waals surface area contributed by atoms with Crippen molar-refractivity contribution in [3.63, 3.8) is 0 Å². The van der Waals surface area contributed by atoms with Crippen LogP contribution < -0.4 is 0 Å². The lowest BCUT2D eigenvalue weighted by Gasteiger charge is -2.51. The van der Waals surface area contributed by atoms with Crippen LogP contribution in [0.15, 0.2) is 12.2 Å². The van der Waals surface area contributed by atoms with E-state index in [4.69, 9.17) is 9.57 Å².